The lowest BCUT2D eigenvalue weighted by Crippen LogP contribution is -2.40. The van der Waals surface area contributed by atoms with Gasteiger partial charge < -0.3 is 15.1 Å². The van der Waals surface area contributed by atoms with Gasteiger partial charge >= 0.3 is 0 Å². The molecular formula is C25H29N5O4S. The first-order chi connectivity index (χ1) is 16.8. The van der Waals surface area contributed by atoms with Gasteiger partial charge in [-0.15, -0.1) is 0 Å². The molecule has 2 N–H and O–H groups in total. The zero-order valence-electron chi connectivity index (χ0n) is 19.7. The number of nitrogens with zero attached hydrogens (tertiary/aromatic N) is 4. The van der Waals surface area contributed by atoms with Crippen LogP contribution in [0.5, 0.6) is 0 Å². The highest BCUT2D eigenvalue weighted by molar-refractivity contribution is 7.91. The number of carbonyl (C=O) groups is 1. The molecule has 1 amide bonds. The van der Waals surface area contributed by atoms with Gasteiger partial charge in [-0.05, 0) is 38.0 Å². The van der Waals surface area contributed by atoms with Crippen molar-refractivity contribution < 1.29 is 17.6 Å². The number of rotatable bonds is 5. The van der Waals surface area contributed by atoms with Crippen LogP contribution in [0.4, 0.5) is 5.69 Å². The van der Waals surface area contributed by atoms with E-state index >= 15 is 0 Å². The van der Waals surface area contributed by atoms with Crippen LogP contribution in [0, 0.1) is 12.8 Å². The number of benzene rings is 1. The second-order valence-electron chi connectivity index (χ2n) is 9.31. The van der Waals surface area contributed by atoms with E-state index in [0.717, 1.165) is 36.9 Å². The third-order valence-electron chi connectivity index (χ3n) is 6.97. The molecule has 0 radical (unpaired) electrons. The average molecular weight is 496 g/mol. The molecule has 2 unspecified atom stereocenters. The lowest BCUT2D eigenvalue weighted by Gasteiger charge is -2.29. The van der Waals surface area contributed by atoms with Crippen LogP contribution in [-0.2, 0) is 14.6 Å². The number of hydrogen-bond donors (Lipinski definition) is 1. The van der Waals surface area contributed by atoms with Gasteiger partial charge in [0, 0.05) is 42.4 Å². The molecule has 2 atom stereocenters. The minimum atomic E-state index is -2.94. The molecule has 2 fully saturated rings. The van der Waals surface area contributed by atoms with Gasteiger partial charge in [0.1, 0.15) is 23.0 Å². The topological polar surface area (TPSA) is 132 Å². The summed E-state index contributed by atoms with van der Waals surface area (Å²) in [6.45, 7) is 2.77. The summed E-state index contributed by atoms with van der Waals surface area (Å²) in [7, 11) is -2.94. The number of sulfone groups is 1. The van der Waals surface area contributed by atoms with E-state index in [0.29, 0.717) is 42.0 Å². The molecule has 0 spiro atoms. The average Bonchev–Trinajstić information content (AvgIpc) is 3.30. The monoisotopic (exact) mass is 495 g/mol. The summed E-state index contributed by atoms with van der Waals surface area (Å²) in [6.07, 6.45) is 5.16. The van der Waals surface area contributed by atoms with Gasteiger partial charge in [-0.3, -0.25) is 4.79 Å². The number of oxazole rings is 1. The van der Waals surface area contributed by atoms with Crippen LogP contribution >= 0.6 is 0 Å². The Morgan fingerprint density at radius 3 is 2.46 bits per heavy atom. The van der Waals surface area contributed by atoms with Gasteiger partial charge in [-0.2, -0.15) is 0 Å². The predicted octanol–water partition coefficient (Wildman–Crippen LogP) is 3.10. The number of aromatic nitrogens is 3. The van der Waals surface area contributed by atoms with Crippen molar-refractivity contribution in [2.24, 2.45) is 11.7 Å². The number of nitrogens with two attached hydrogens (primary N) is 1. The van der Waals surface area contributed by atoms with E-state index in [1.54, 1.807) is 12.3 Å². The maximum Gasteiger partial charge on any atom is 0.246 e. The summed E-state index contributed by atoms with van der Waals surface area (Å²) >= 11 is 0. The summed E-state index contributed by atoms with van der Waals surface area (Å²) in [5.74, 6) is 1.24. The van der Waals surface area contributed by atoms with E-state index in [2.05, 4.69) is 14.9 Å². The second-order valence-corrected chi connectivity index (χ2v) is 11.6. The van der Waals surface area contributed by atoms with Crippen molar-refractivity contribution in [1.29, 1.82) is 0 Å². The molecule has 3 aromatic rings. The number of carbonyl (C=O) groups excluding carboxylic acids is 1. The zero-order valence-corrected chi connectivity index (χ0v) is 20.5. The summed E-state index contributed by atoms with van der Waals surface area (Å²) in [5.41, 5.74) is 8.87. The van der Waals surface area contributed by atoms with Crippen molar-refractivity contribution in [2.75, 3.05) is 29.5 Å². The van der Waals surface area contributed by atoms with Crippen LogP contribution in [0.2, 0.25) is 0 Å². The van der Waals surface area contributed by atoms with E-state index in [4.69, 9.17) is 15.1 Å². The normalized spacial score (nSPS) is 22.1. The number of aryl methyl sites for hydroxylation is 1. The fraction of sp³-hybridized carbons (Fsp3) is 0.440. The van der Waals surface area contributed by atoms with E-state index in [1.165, 1.54) is 0 Å². The first-order valence-corrected chi connectivity index (χ1v) is 13.8. The third kappa shape index (κ3) is 4.93. The maximum atomic E-state index is 12.3. The molecule has 10 heteroatoms. The van der Waals surface area contributed by atoms with Gasteiger partial charge in [0.05, 0.1) is 11.5 Å². The highest BCUT2D eigenvalue weighted by Gasteiger charge is 2.36. The third-order valence-corrected chi connectivity index (χ3v) is 8.58. The number of anilines is 1. The van der Waals surface area contributed by atoms with Crippen LogP contribution in [0.15, 0.2) is 40.9 Å². The van der Waals surface area contributed by atoms with E-state index in [9.17, 15) is 13.2 Å². The van der Waals surface area contributed by atoms with Crippen LogP contribution in [0.25, 0.3) is 22.8 Å². The molecule has 3 heterocycles. The Balaban J connectivity index is 1.52. The minimum Gasteiger partial charge on any atom is -0.439 e. The van der Waals surface area contributed by atoms with Crippen molar-refractivity contribution >= 4 is 21.4 Å². The molecule has 35 heavy (non-hydrogen) atoms. The van der Waals surface area contributed by atoms with Crippen LogP contribution in [-0.4, -0.2) is 53.9 Å². The smallest absolute Gasteiger partial charge is 0.246 e. The van der Waals surface area contributed by atoms with E-state index in [-0.39, 0.29) is 29.2 Å². The number of amides is 1. The SMILES string of the molecule is Cc1nccc(-c2nc(-c3ccc(N4CCS(=O)(=O)CC4)cc3)c(C3CCCCC3C(N)=O)o2)n1. The first kappa shape index (κ1) is 23.5. The maximum absolute atomic E-state index is 12.3. The highest BCUT2D eigenvalue weighted by atomic mass is 32.2. The highest BCUT2D eigenvalue weighted by Crippen LogP contribution is 2.43. The number of hydrogen-bond acceptors (Lipinski definition) is 8. The molecular weight excluding hydrogens is 466 g/mol. The Kier molecular flexibility index (Phi) is 6.31. The molecule has 1 saturated carbocycles. The van der Waals surface area contributed by atoms with Gasteiger partial charge in [0.25, 0.3) is 0 Å². The van der Waals surface area contributed by atoms with E-state index in [1.807, 2.05) is 31.2 Å². The second kappa shape index (κ2) is 9.41. The summed E-state index contributed by atoms with van der Waals surface area (Å²) < 4.78 is 29.9. The molecule has 5 rings (SSSR count). The summed E-state index contributed by atoms with van der Waals surface area (Å²) in [5, 5.41) is 0. The Hall–Kier alpha value is -3.27. The minimum absolute atomic E-state index is 0.146. The summed E-state index contributed by atoms with van der Waals surface area (Å²) in [4.78, 5) is 27.8. The van der Waals surface area contributed by atoms with Gasteiger partial charge in [-0.1, -0.05) is 25.0 Å². The Morgan fingerprint density at radius 2 is 1.77 bits per heavy atom. The van der Waals surface area contributed by atoms with Crippen molar-refractivity contribution in [1.82, 2.24) is 15.0 Å². The molecule has 184 valence electrons. The molecule has 1 aliphatic heterocycles. The van der Waals surface area contributed by atoms with Crippen LogP contribution < -0.4 is 10.6 Å². The molecule has 0 bridgehead atoms. The zero-order chi connectivity index (χ0) is 24.6. The molecule has 2 aliphatic rings. The Bertz CT molecular complexity index is 1320. The Morgan fingerprint density at radius 1 is 1.06 bits per heavy atom. The lowest BCUT2D eigenvalue weighted by molar-refractivity contribution is -0.123. The quantitative estimate of drug-likeness (QED) is 0.571. The predicted molar refractivity (Wildman–Crippen MR) is 132 cm³/mol. The fourth-order valence-electron chi connectivity index (χ4n) is 5.06. The largest absolute Gasteiger partial charge is 0.439 e. The van der Waals surface area contributed by atoms with E-state index < -0.39 is 9.84 Å². The molecule has 1 saturated heterocycles. The molecule has 1 aromatic carbocycles. The van der Waals surface area contributed by atoms with Crippen LogP contribution in [0.1, 0.15) is 43.2 Å². The molecule has 9 nitrogen and oxygen atoms in total. The van der Waals surface area contributed by atoms with Gasteiger partial charge in [-0.25, -0.2) is 23.4 Å². The van der Waals surface area contributed by atoms with Crippen molar-refractivity contribution in [2.45, 2.75) is 38.5 Å². The fourth-order valence-corrected chi connectivity index (χ4v) is 6.26. The number of primary amides is 1. The molecule has 1 aliphatic carbocycles. The lowest BCUT2D eigenvalue weighted by atomic mass is 9.76. The summed E-state index contributed by atoms with van der Waals surface area (Å²) in [6, 6.07) is 9.65. The van der Waals surface area contributed by atoms with Crippen molar-refractivity contribution in [3.8, 4) is 22.8 Å². The van der Waals surface area contributed by atoms with Crippen LogP contribution in [0.3, 0.4) is 0 Å². The first-order valence-electron chi connectivity index (χ1n) is 12.0. The standard InChI is InChI=1S/C25H29N5O4S/c1-16-27-11-10-21(28-16)25-29-22(23(34-25)19-4-2-3-5-20(19)24(26)31)17-6-8-18(9-7-17)30-12-14-35(32,33)15-13-30/h6-11,19-20H,2-5,12-15H2,1H3,(H2,26,31). The Labute approximate surface area is 204 Å². The van der Waals surface area contributed by atoms with Crippen molar-refractivity contribution in [3.05, 3.63) is 48.1 Å². The van der Waals surface area contributed by atoms with Gasteiger partial charge in [0.2, 0.25) is 11.8 Å². The molecule has 2 aromatic heterocycles. The van der Waals surface area contributed by atoms with Crippen molar-refractivity contribution in [3.63, 3.8) is 0 Å². The van der Waals surface area contributed by atoms with Gasteiger partial charge in [0.15, 0.2) is 9.84 Å².